The third kappa shape index (κ3) is 10.3. The van der Waals surface area contributed by atoms with E-state index in [0.717, 1.165) is 11.5 Å². The molecule has 0 aliphatic carbocycles. The van der Waals surface area contributed by atoms with Crippen molar-refractivity contribution in [2.45, 2.75) is 10.8 Å². The van der Waals surface area contributed by atoms with Crippen LogP contribution in [-0.4, -0.2) is 53.9 Å². The number of hydrogen-bond acceptors (Lipinski definition) is 4. The van der Waals surface area contributed by atoms with Crippen LogP contribution in [0.3, 0.4) is 0 Å². The van der Waals surface area contributed by atoms with Gasteiger partial charge >= 0.3 is 183 Å². The number of ether oxygens (including phenoxy) is 2. The van der Waals surface area contributed by atoms with Crippen molar-refractivity contribution in [2.75, 3.05) is 26.4 Å². The fourth-order valence-corrected chi connectivity index (χ4v) is 5.98. The van der Waals surface area contributed by atoms with Crippen molar-refractivity contribution in [2.24, 2.45) is 0 Å². The number of halogens is 4. The van der Waals surface area contributed by atoms with Gasteiger partial charge in [0.15, 0.2) is 0 Å². The van der Waals surface area contributed by atoms with Gasteiger partial charge in [-0.2, -0.15) is 0 Å². The zero-order valence-corrected chi connectivity index (χ0v) is 19.7. The molecule has 2 aromatic rings. The molecule has 2 rings (SSSR count). The third-order valence-corrected chi connectivity index (χ3v) is 8.36. The van der Waals surface area contributed by atoms with E-state index in [2.05, 4.69) is 0 Å². The maximum absolute atomic E-state index is 6.18. The summed E-state index contributed by atoms with van der Waals surface area (Å²) in [6.07, 6.45) is 0. The first kappa shape index (κ1) is 23.2. The van der Waals surface area contributed by atoms with Crippen LogP contribution in [0.15, 0.2) is 60.7 Å². The minimum atomic E-state index is -3.94. The summed E-state index contributed by atoms with van der Waals surface area (Å²) < 4.78 is 22.1. The molecule has 2 unspecified atom stereocenters. The van der Waals surface area contributed by atoms with E-state index in [1.807, 2.05) is 60.7 Å². The Bertz CT molecular complexity index is 593. The van der Waals surface area contributed by atoms with Gasteiger partial charge in [-0.05, 0) is 0 Å². The zero-order chi connectivity index (χ0) is 19.5. The van der Waals surface area contributed by atoms with Gasteiger partial charge < -0.3 is 0 Å². The molecule has 0 saturated heterocycles. The molecule has 0 radical (unpaired) electrons. The molecule has 0 aromatic heterocycles. The molecule has 0 saturated carbocycles. The molecule has 0 amide bonds. The Kier molecular flexibility index (Phi) is 10.7. The number of rotatable bonds is 12. The molecule has 4 nitrogen and oxygen atoms in total. The molecule has 150 valence electrons. The van der Waals surface area contributed by atoms with Gasteiger partial charge in [-0.15, -0.1) is 0 Å². The number of para-hydroxylation sites is 2. The van der Waals surface area contributed by atoms with Crippen LogP contribution < -0.4 is 9.47 Å². The second kappa shape index (κ2) is 12.5. The van der Waals surface area contributed by atoms with E-state index in [4.69, 9.17) is 56.8 Å². The van der Waals surface area contributed by atoms with Gasteiger partial charge in [-0.1, -0.05) is 0 Å². The normalized spacial score (nSPS) is 14.4. The summed E-state index contributed by atoms with van der Waals surface area (Å²) in [6.45, 7) is 0.772. The molecule has 0 spiro atoms. The Morgan fingerprint density at radius 3 is 1.37 bits per heavy atom. The van der Waals surface area contributed by atoms with Gasteiger partial charge in [0.05, 0.1) is 0 Å². The SMILES string of the molecule is ClC(COc1ccccc1)CO[Te](Cl)(Cl)OCC(Cl)COc1ccccc1. The molecule has 0 fully saturated rings. The standard InChI is InChI=1S/C18H20Cl4O4Te/c19-15(11-23-17-7-3-1-4-8-17)13-25-27(21,22)26-14-16(20)12-24-18-9-5-2-6-10-18/h1-10,15-16H,11-14H2. The fourth-order valence-electron chi connectivity index (χ4n) is 1.84. The second-order valence-electron chi connectivity index (χ2n) is 5.39. The fraction of sp³-hybridized carbons (Fsp3) is 0.333. The van der Waals surface area contributed by atoms with Crippen molar-refractivity contribution in [3.8, 4) is 11.5 Å². The molecular weight excluding hydrogens is 550 g/mol. The number of benzene rings is 2. The van der Waals surface area contributed by atoms with Crippen molar-refractivity contribution in [1.82, 2.24) is 0 Å². The zero-order valence-electron chi connectivity index (χ0n) is 14.3. The van der Waals surface area contributed by atoms with Gasteiger partial charge in [0.1, 0.15) is 0 Å². The molecule has 2 atom stereocenters. The van der Waals surface area contributed by atoms with Gasteiger partial charge in [0.25, 0.3) is 0 Å². The van der Waals surface area contributed by atoms with Crippen molar-refractivity contribution < 1.29 is 15.7 Å². The van der Waals surface area contributed by atoms with Crippen molar-refractivity contribution in [1.29, 1.82) is 0 Å². The van der Waals surface area contributed by atoms with Crippen LogP contribution >= 0.6 is 41.1 Å². The summed E-state index contributed by atoms with van der Waals surface area (Å²) in [5.74, 6) is 1.46. The van der Waals surface area contributed by atoms with Gasteiger partial charge in [0.2, 0.25) is 0 Å². The molecule has 9 heteroatoms. The van der Waals surface area contributed by atoms with Crippen LogP contribution in [0.5, 0.6) is 11.5 Å². The first-order chi connectivity index (χ1) is 12.9. The van der Waals surface area contributed by atoms with E-state index >= 15 is 0 Å². The van der Waals surface area contributed by atoms with E-state index in [1.165, 1.54) is 0 Å². The van der Waals surface area contributed by atoms with Crippen LogP contribution in [-0.2, 0) is 6.20 Å². The molecule has 2 aromatic carbocycles. The summed E-state index contributed by atoms with van der Waals surface area (Å²) >= 11 is 8.42. The Labute approximate surface area is 181 Å². The van der Waals surface area contributed by atoms with E-state index < -0.39 is 27.5 Å². The molecular formula is C18H20Cl4O4Te. The summed E-state index contributed by atoms with van der Waals surface area (Å²) in [5, 5.41) is -0.824. The van der Waals surface area contributed by atoms with Crippen molar-refractivity contribution in [3.63, 3.8) is 0 Å². The van der Waals surface area contributed by atoms with Gasteiger partial charge in [0, 0.05) is 0 Å². The summed E-state index contributed by atoms with van der Waals surface area (Å²) in [6, 6.07) is 18.7. The average molecular weight is 570 g/mol. The first-order valence-electron chi connectivity index (χ1n) is 8.10. The summed E-state index contributed by atoms with van der Waals surface area (Å²) in [4.78, 5) is 0. The van der Waals surface area contributed by atoms with Gasteiger partial charge in [-0.3, -0.25) is 0 Å². The maximum atomic E-state index is 6.18. The third-order valence-electron chi connectivity index (χ3n) is 3.12. The number of alkyl halides is 2. The molecule has 0 N–H and O–H groups in total. The van der Waals surface area contributed by atoms with E-state index in [-0.39, 0.29) is 26.4 Å². The van der Waals surface area contributed by atoms with Crippen LogP contribution in [0, 0.1) is 0 Å². The molecule has 0 aliphatic rings. The Balaban J connectivity index is 1.61. The monoisotopic (exact) mass is 570 g/mol. The van der Waals surface area contributed by atoms with Crippen LogP contribution in [0.2, 0.25) is 0 Å². The summed E-state index contributed by atoms with van der Waals surface area (Å²) in [7, 11) is 12.3. The van der Waals surface area contributed by atoms with Gasteiger partial charge in [-0.25, -0.2) is 0 Å². The number of hydrogen-bond donors (Lipinski definition) is 0. The predicted molar refractivity (Wildman–Crippen MR) is 113 cm³/mol. The Morgan fingerprint density at radius 2 is 1.00 bits per heavy atom. The second-order valence-corrected chi connectivity index (χ2v) is 16.6. The van der Waals surface area contributed by atoms with E-state index in [9.17, 15) is 0 Å². The minimum absolute atomic E-state index is 0.121. The molecule has 0 aliphatic heterocycles. The Morgan fingerprint density at radius 1 is 0.630 bits per heavy atom. The van der Waals surface area contributed by atoms with Crippen molar-refractivity contribution in [3.05, 3.63) is 60.7 Å². The van der Waals surface area contributed by atoms with Crippen LogP contribution in [0.1, 0.15) is 0 Å². The predicted octanol–water partition coefficient (Wildman–Crippen LogP) is 5.31. The summed E-state index contributed by atoms with van der Waals surface area (Å²) in [5.41, 5.74) is 0. The topological polar surface area (TPSA) is 36.9 Å². The first-order valence-corrected chi connectivity index (χ1v) is 16.8. The molecule has 0 bridgehead atoms. The van der Waals surface area contributed by atoms with Crippen LogP contribution in [0.25, 0.3) is 0 Å². The average Bonchev–Trinajstić information content (AvgIpc) is 2.69. The molecule has 0 heterocycles. The van der Waals surface area contributed by atoms with Crippen LogP contribution in [0.4, 0.5) is 0 Å². The molecule has 27 heavy (non-hydrogen) atoms. The van der Waals surface area contributed by atoms with E-state index in [1.54, 1.807) is 0 Å². The Hall–Kier alpha value is -0.0904. The van der Waals surface area contributed by atoms with Crippen molar-refractivity contribution >= 4 is 57.9 Å². The van der Waals surface area contributed by atoms with E-state index in [0.29, 0.717) is 0 Å². The quantitative estimate of drug-likeness (QED) is 0.257.